The van der Waals surface area contributed by atoms with Gasteiger partial charge in [0, 0.05) is 44.5 Å². The van der Waals surface area contributed by atoms with Gasteiger partial charge in [-0.15, -0.1) is 0 Å². The van der Waals surface area contributed by atoms with Gasteiger partial charge in [0.25, 0.3) is 0 Å². The third-order valence-corrected chi connectivity index (χ3v) is 11.2. The summed E-state index contributed by atoms with van der Waals surface area (Å²) in [5, 5.41) is 37.3. The highest BCUT2D eigenvalue weighted by molar-refractivity contribution is 5.89. The lowest BCUT2D eigenvalue weighted by atomic mass is 9.65. The van der Waals surface area contributed by atoms with Crippen molar-refractivity contribution in [3.8, 4) is 47.4 Å². The molecule has 0 spiro atoms. The van der Waals surface area contributed by atoms with Crippen LogP contribution in [0, 0.1) is 47.4 Å². The van der Waals surface area contributed by atoms with Crippen LogP contribution in [0.5, 0.6) is 0 Å². The maximum Gasteiger partial charge on any atom is 0.335 e. The Morgan fingerprint density at radius 3 is 0.493 bits per heavy atom. The Labute approximate surface area is 397 Å². The number of hydrogen-bond acceptors (Lipinski definition) is 4. The molecule has 0 saturated carbocycles. The molecule has 0 heterocycles. The second-order valence-electron chi connectivity index (χ2n) is 15.6. The third-order valence-electron chi connectivity index (χ3n) is 11.2. The molecule has 0 atom stereocenters. The van der Waals surface area contributed by atoms with Gasteiger partial charge >= 0.3 is 23.9 Å². The molecular formula is C61H36O8. The summed E-state index contributed by atoms with van der Waals surface area (Å²) in [4.78, 5) is 45.6. The molecule has 328 valence electrons. The van der Waals surface area contributed by atoms with E-state index in [-0.39, 0.29) is 22.3 Å². The van der Waals surface area contributed by atoms with Crippen molar-refractivity contribution in [2.24, 2.45) is 0 Å². The Morgan fingerprint density at radius 1 is 0.232 bits per heavy atom. The molecule has 8 nitrogen and oxygen atoms in total. The van der Waals surface area contributed by atoms with Gasteiger partial charge in [-0.25, -0.2) is 19.2 Å². The van der Waals surface area contributed by atoms with Crippen LogP contribution in [0.15, 0.2) is 194 Å². The number of aromatic carboxylic acids is 4. The minimum Gasteiger partial charge on any atom is -0.478 e. The maximum atomic E-state index is 11.4. The lowest BCUT2D eigenvalue weighted by Crippen LogP contribution is -2.31. The molecule has 69 heavy (non-hydrogen) atoms. The molecule has 0 amide bonds. The van der Waals surface area contributed by atoms with Gasteiger partial charge in [-0.3, -0.25) is 0 Å². The quantitative estimate of drug-likeness (QED) is 0.0870. The second-order valence-corrected chi connectivity index (χ2v) is 15.6. The highest BCUT2D eigenvalue weighted by Crippen LogP contribution is 2.45. The first kappa shape index (κ1) is 45.4. The molecule has 0 saturated heterocycles. The molecule has 4 N–H and O–H groups in total. The molecule has 0 aliphatic rings. The zero-order chi connectivity index (χ0) is 48.3. The average Bonchev–Trinajstić information content (AvgIpc) is 3.38. The van der Waals surface area contributed by atoms with E-state index in [4.69, 9.17) is 0 Å². The van der Waals surface area contributed by atoms with Crippen LogP contribution in [-0.4, -0.2) is 44.3 Å². The fourth-order valence-corrected chi connectivity index (χ4v) is 7.58. The summed E-state index contributed by atoms with van der Waals surface area (Å²) in [7, 11) is 0. The topological polar surface area (TPSA) is 149 Å². The number of benzene rings is 8. The average molecular weight is 897 g/mol. The molecule has 0 aromatic heterocycles. The minimum atomic E-state index is -1.01. The van der Waals surface area contributed by atoms with E-state index in [2.05, 4.69) is 47.4 Å². The second kappa shape index (κ2) is 20.4. The molecule has 0 aliphatic heterocycles. The molecule has 0 bridgehead atoms. The van der Waals surface area contributed by atoms with Crippen LogP contribution in [0.1, 0.15) is 108 Å². The summed E-state index contributed by atoms with van der Waals surface area (Å²) >= 11 is 0. The van der Waals surface area contributed by atoms with Crippen molar-refractivity contribution in [3.63, 3.8) is 0 Å². The summed E-state index contributed by atoms with van der Waals surface area (Å²) in [5.74, 6) is 21.3. The monoisotopic (exact) mass is 896 g/mol. The molecule has 8 aromatic rings. The molecule has 0 unspecified atom stereocenters. The van der Waals surface area contributed by atoms with Crippen molar-refractivity contribution in [2.75, 3.05) is 0 Å². The van der Waals surface area contributed by atoms with Gasteiger partial charge < -0.3 is 20.4 Å². The molecule has 0 radical (unpaired) electrons. The van der Waals surface area contributed by atoms with Gasteiger partial charge in [-0.2, -0.15) is 0 Å². The number of rotatable bonds is 8. The van der Waals surface area contributed by atoms with E-state index in [0.717, 1.165) is 44.5 Å². The Hall–Kier alpha value is -10.1. The van der Waals surface area contributed by atoms with Gasteiger partial charge in [0.05, 0.1) is 27.7 Å². The minimum absolute atomic E-state index is 0.174. The molecular weight excluding hydrogens is 861 g/mol. The molecule has 0 aliphatic carbocycles. The van der Waals surface area contributed by atoms with Crippen LogP contribution in [0.2, 0.25) is 0 Å². The van der Waals surface area contributed by atoms with Gasteiger partial charge in [0.15, 0.2) is 0 Å². The first-order chi connectivity index (χ1) is 33.4. The highest BCUT2D eigenvalue weighted by atomic mass is 16.4. The van der Waals surface area contributed by atoms with Crippen molar-refractivity contribution in [1.82, 2.24) is 0 Å². The number of carbonyl (C=O) groups is 4. The smallest absolute Gasteiger partial charge is 0.335 e. The van der Waals surface area contributed by atoms with E-state index in [1.165, 1.54) is 48.5 Å². The van der Waals surface area contributed by atoms with E-state index in [0.29, 0.717) is 22.3 Å². The summed E-state index contributed by atoms with van der Waals surface area (Å²) < 4.78 is 0. The van der Waals surface area contributed by atoms with Crippen LogP contribution in [0.4, 0.5) is 0 Å². The van der Waals surface area contributed by atoms with E-state index >= 15 is 0 Å². The van der Waals surface area contributed by atoms with Crippen molar-refractivity contribution in [1.29, 1.82) is 0 Å². The summed E-state index contributed by atoms with van der Waals surface area (Å²) in [6, 6.07) is 57.4. The SMILES string of the molecule is O=C(O)c1ccc(C#Cc2ccc(C(c3ccc(C#Cc4ccc(C(=O)O)cc4)cc3)(c3ccc(C#Cc4ccc(C(=O)O)cc4)cc3)c3ccc(C#Cc4ccc(C(=O)O)cc4)cc3)cc2)cc1. The molecule has 0 fully saturated rings. The molecule has 8 heteroatoms. The zero-order valence-electron chi connectivity index (χ0n) is 36.4. The van der Waals surface area contributed by atoms with E-state index in [1.807, 2.05) is 97.1 Å². The predicted molar refractivity (Wildman–Crippen MR) is 262 cm³/mol. The number of carboxylic acids is 4. The fourth-order valence-electron chi connectivity index (χ4n) is 7.58. The Morgan fingerprint density at radius 2 is 0.362 bits per heavy atom. The maximum absolute atomic E-state index is 11.4. The van der Waals surface area contributed by atoms with Crippen LogP contribution in [0.25, 0.3) is 0 Å². The normalized spacial score (nSPS) is 10.3. The lowest BCUT2D eigenvalue weighted by Gasteiger charge is -2.37. The zero-order valence-corrected chi connectivity index (χ0v) is 36.4. The summed E-state index contributed by atoms with van der Waals surface area (Å²) in [6.07, 6.45) is 0. The largest absolute Gasteiger partial charge is 0.478 e. The summed E-state index contributed by atoms with van der Waals surface area (Å²) in [5.41, 5.74) is 8.99. The van der Waals surface area contributed by atoms with Crippen LogP contribution in [-0.2, 0) is 5.41 Å². The molecule has 8 rings (SSSR count). The first-order valence-corrected chi connectivity index (χ1v) is 21.3. The van der Waals surface area contributed by atoms with Crippen LogP contribution in [0.3, 0.4) is 0 Å². The Balaban J connectivity index is 1.24. The van der Waals surface area contributed by atoms with Crippen molar-refractivity contribution in [2.45, 2.75) is 5.41 Å². The van der Waals surface area contributed by atoms with Crippen molar-refractivity contribution < 1.29 is 39.6 Å². The Kier molecular flexibility index (Phi) is 13.4. The van der Waals surface area contributed by atoms with E-state index < -0.39 is 29.3 Å². The van der Waals surface area contributed by atoms with E-state index in [9.17, 15) is 39.6 Å². The van der Waals surface area contributed by atoms with Gasteiger partial charge in [0.2, 0.25) is 0 Å². The van der Waals surface area contributed by atoms with Gasteiger partial charge in [-0.1, -0.05) is 95.9 Å². The van der Waals surface area contributed by atoms with Crippen LogP contribution >= 0.6 is 0 Å². The first-order valence-electron chi connectivity index (χ1n) is 21.3. The lowest BCUT2D eigenvalue weighted by molar-refractivity contribution is 0.0686. The number of hydrogen-bond donors (Lipinski definition) is 4. The fraction of sp³-hybridized carbons (Fsp3) is 0.0164. The third kappa shape index (κ3) is 10.7. The summed E-state index contributed by atoms with van der Waals surface area (Å²) in [6.45, 7) is 0. The molecule has 8 aromatic carbocycles. The van der Waals surface area contributed by atoms with Crippen molar-refractivity contribution >= 4 is 23.9 Å². The van der Waals surface area contributed by atoms with Gasteiger partial charge in [0.1, 0.15) is 0 Å². The Bertz CT molecular complexity index is 3010. The van der Waals surface area contributed by atoms with Gasteiger partial charge in [-0.05, 0) is 168 Å². The standard InChI is InChI=1S/C61H36O8/c62-57(63)49-25-9-41(10-26-49)1-5-45-17-33-53(34-18-45)61(54-35-19-46(20-36-54)6-2-42-11-27-50(28-12-42)58(64)65,55-37-21-47(22-38-55)7-3-43-13-29-51(30-14-43)59(66)67)56-39-23-48(24-40-56)8-4-44-15-31-52(32-16-44)60(68)69/h9-40H,(H,62,63)(H,64,65)(H,66,67)(H,68,69). The predicted octanol–water partition coefficient (Wildman–Crippen LogP) is 10.5. The highest BCUT2D eigenvalue weighted by Gasteiger charge is 2.38. The van der Waals surface area contributed by atoms with Crippen LogP contribution < -0.4 is 0 Å². The van der Waals surface area contributed by atoms with Crippen molar-refractivity contribution in [3.05, 3.63) is 283 Å². The van der Waals surface area contributed by atoms with E-state index in [1.54, 1.807) is 48.5 Å². The number of carboxylic acid groups (broad SMARTS) is 4.